The number of nitrogens with one attached hydrogen (secondary N) is 1. The van der Waals surface area contributed by atoms with E-state index >= 15 is 0 Å². The number of aryl methyl sites for hydroxylation is 1. The molecule has 0 atom stereocenters. The second kappa shape index (κ2) is 11.0. The Morgan fingerprint density at radius 2 is 1.88 bits per heavy atom. The van der Waals surface area contributed by atoms with Gasteiger partial charge in [-0.1, -0.05) is 59.6 Å². The number of carbonyl (C=O) groups is 1. The summed E-state index contributed by atoms with van der Waals surface area (Å²) in [6.07, 6.45) is 3.92. The first-order valence-electron chi connectivity index (χ1n) is 10.1. The molecule has 0 spiro atoms. The summed E-state index contributed by atoms with van der Waals surface area (Å²) < 4.78 is 5.98. The second-order valence-corrected chi connectivity index (χ2v) is 7.64. The van der Waals surface area contributed by atoms with E-state index in [4.69, 9.17) is 16.3 Å². The Balaban J connectivity index is 1.79. The van der Waals surface area contributed by atoms with Crippen molar-refractivity contribution in [2.24, 2.45) is 0 Å². The van der Waals surface area contributed by atoms with Gasteiger partial charge in [0.1, 0.15) is 24.0 Å². The summed E-state index contributed by atoms with van der Waals surface area (Å²) in [5.41, 5.74) is 4.25. The van der Waals surface area contributed by atoms with Gasteiger partial charge in [-0.3, -0.25) is 4.79 Å². The highest BCUT2D eigenvalue weighted by Crippen LogP contribution is 2.25. The van der Waals surface area contributed by atoms with Crippen molar-refractivity contribution >= 4 is 29.3 Å². The number of allylic oxidation sites excluding steroid dienone is 1. The fourth-order valence-corrected chi connectivity index (χ4v) is 3.26. The average Bonchev–Trinajstić information content (AvgIpc) is 2.79. The zero-order valence-corrected chi connectivity index (χ0v) is 18.5. The van der Waals surface area contributed by atoms with E-state index in [2.05, 4.69) is 11.9 Å². The lowest BCUT2D eigenvalue weighted by Gasteiger charge is -2.12. The van der Waals surface area contributed by atoms with Gasteiger partial charge in [-0.2, -0.15) is 5.26 Å². The van der Waals surface area contributed by atoms with E-state index in [9.17, 15) is 10.1 Å². The van der Waals surface area contributed by atoms with Crippen molar-refractivity contribution in [3.8, 4) is 11.8 Å². The Hall–Kier alpha value is -3.81. The van der Waals surface area contributed by atoms with E-state index in [0.717, 1.165) is 22.3 Å². The van der Waals surface area contributed by atoms with E-state index in [1.165, 1.54) is 0 Å². The van der Waals surface area contributed by atoms with Crippen molar-refractivity contribution in [1.82, 2.24) is 0 Å². The van der Waals surface area contributed by atoms with Crippen molar-refractivity contribution in [3.05, 3.63) is 112 Å². The molecule has 1 amide bonds. The van der Waals surface area contributed by atoms with E-state index in [-0.39, 0.29) is 5.57 Å². The Labute approximate surface area is 193 Å². The average molecular weight is 443 g/mol. The first kappa shape index (κ1) is 22.9. The fraction of sp³-hybridized carbons (Fsp3) is 0.111. The number of carbonyl (C=O) groups excluding carboxylic acids is 1. The predicted molar refractivity (Wildman–Crippen MR) is 130 cm³/mol. The zero-order valence-electron chi connectivity index (χ0n) is 17.8. The molecule has 32 heavy (non-hydrogen) atoms. The topological polar surface area (TPSA) is 62.1 Å². The zero-order chi connectivity index (χ0) is 22.9. The molecule has 5 heteroatoms. The maximum atomic E-state index is 12.5. The van der Waals surface area contributed by atoms with Crippen LogP contribution in [0.15, 0.2) is 85.0 Å². The van der Waals surface area contributed by atoms with Gasteiger partial charge in [0.25, 0.3) is 5.91 Å². The highest BCUT2D eigenvalue weighted by molar-refractivity contribution is 6.31. The van der Waals surface area contributed by atoms with Crippen LogP contribution in [0.1, 0.15) is 22.3 Å². The summed E-state index contributed by atoms with van der Waals surface area (Å²) in [5, 5.41) is 12.9. The normalized spacial score (nSPS) is 10.8. The second-order valence-electron chi connectivity index (χ2n) is 7.23. The van der Waals surface area contributed by atoms with Gasteiger partial charge in [0.05, 0.1) is 0 Å². The highest BCUT2D eigenvalue weighted by atomic mass is 35.5. The molecule has 0 aliphatic rings. The molecule has 0 aromatic heterocycles. The summed E-state index contributed by atoms with van der Waals surface area (Å²) in [6, 6.07) is 22.4. The highest BCUT2D eigenvalue weighted by Gasteiger charge is 2.11. The quantitative estimate of drug-likeness (QED) is 0.246. The molecular weight excluding hydrogens is 420 g/mol. The number of amides is 1. The maximum absolute atomic E-state index is 12.5. The lowest BCUT2D eigenvalue weighted by atomic mass is 10.0. The molecule has 160 valence electrons. The number of anilines is 1. The van der Waals surface area contributed by atoms with Crippen LogP contribution in [-0.4, -0.2) is 5.91 Å². The van der Waals surface area contributed by atoms with Crippen LogP contribution in [0.5, 0.6) is 5.75 Å². The molecule has 0 saturated carbocycles. The minimum Gasteiger partial charge on any atom is -0.489 e. The number of rotatable bonds is 8. The molecule has 3 aromatic rings. The standard InChI is InChI=1S/C27H23ClN2O2/c1-3-6-21-15-20(11-14-26(21)32-18-22-7-4-5-8-25(22)28)16-23(17-29)27(31)30-24-12-9-19(2)10-13-24/h3-5,7-16H,1,6,18H2,2H3,(H,30,31)/b23-16-. The van der Waals surface area contributed by atoms with E-state index in [1.807, 2.05) is 67.6 Å². The Morgan fingerprint density at radius 1 is 1.12 bits per heavy atom. The lowest BCUT2D eigenvalue weighted by molar-refractivity contribution is -0.112. The maximum Gasteiger partial charge on any atom is 0.266 e. The molecule has 3 aromatic carbocycles. The summed E-state index contributed by atoms with van der Waals surface area (Å²) in [5.74, 6) is 0.241. The van der Waals surface area contributed by atoms with Crippen LogP contribution in [-0.2, 0) is 17.8 Å². The number of nitrogens with zero attached hydrogens (tertiary/aromatic N) is 1. The van der Waals surface area contributed by atoms with Crippen LogP contribution in [0.25, 0.3) is 6.08 Å². The van der Waals surface area contributed by atoms with Crippen molar-refractivity contribution in [1.29, 1.82) is 5.26 Å². The first-order chi connectivity index (χ1) is 15.5. The number of benzene rings is 3. The third-order valence-corrected chi connectivity index (χ3v) is 5.14. The van der Waals surface area contributed by atoms with Crippen LogP contribution in [0.2, 0.25) is 5.02 Å². The third-order valence-electron chi connectivity index (χ3n) is 4.78. The molecule has 0 radical (unpaired) electrons. The number of nitriles is 1. The van der Waals surface area contributed by atoms with Crippen molar-refractivity contribution in [3.63, 3.8) is 0 Å². The van der Waals surface area contributed by atoms with E-state index in [0.29, 0.717) is 29.5 Å². The first-order valence-corrected chi connectivity index (χ1v) is 10.5. The van der Waals surface area contributed by atoms with Gasteiger partial charge in [0, 0.05) is 16.3 Å². The van der Waals surface area contributed by atoms with Gasteiger partial charge < -0.3 is 10.1 Å². The van der Waals surface area contributed by atoms with Gasteiger partial charge in [-0.15, -0.1) is 6.58 Å². The number of hydrogen-bond donors (Lipinski definition) is 1. The van der Waals surface area contributed by atoms with Gasteiger partial charge >= 0.3 is 0 Å². The molecular formula is C27H23ClN2O2. The van der Waals surface area contributed by atoms with Gasteiger partial charge in [0.15, 0.2) is 0 Å². The molecule has 3 rings (SSSR count). The van der Waals surface area contributed by atoms with Gasteiger partial charge in [-0.25, -0.2) is 0 Å². The van der Waals surface area contributed by atoms with Gasteiger partial charge in [0.2, 0.25) is 0 Å². The van der Waals surface area contributed by atoms with E-state index < -0.39 is 5.91 Å². The largest absolute Gasteiger partial charge is 0.489 e. The minimum atomic E-state index is -0.458. The van der Waals surface area contributed by atoms with Crippen molar-refractivity contribution in [2.45, 2.75) is 20.0 Å². The molecule has 4 nitrogen and oxygen atoms in total. The van der Waals surface area contributed by atoms with Crippen molar-refractivity contribution < 1.29 is 9.53 Å². The number of halogens is 1. The van der Waals surface area contributed by atoms with Gasteiger partial charge in [-0.05, 0) is 60.9 Å². The van der Waals surface area contributed by atoms with Crippen LogP contribution in [0.3, 0.4) is 0 Å². The van der Waals surface area contributed by atoms with E-state index in [1.54, 1.807) is 24.3 Å². The smallest absolute Gasteiger partial charge is 0.266 e. The van der Waals surface area contributed by atoms with Crippen LogP contribution in [0.4, 0.5) is 5.69 Å². The molecule has 0 fully saturated rings. The summed E-state index contributed by atoms with van der Waals surface area (Å²) >= 11 is 6.21. The Bertz CT molecular complexity index is 1190. The number of ether oxygens (including phenoxy) is 1. The van der Waals surface area contributed by atoms with Crippen LogP contribution < -0.4 is 10.1 Å². The summed E-state index contributed by atoms with van der Waals surface area (Å²) in [6.45, 7) is 6.11. The fourth-order valence-electron chi connectivity index (χ4n) is 3.07. The number of hydrogen-bond acceptors (Lipinski definition) is 3. The summed E-state index contributed by atoms with van der Waals surface area (Å²) in [4.78, 5) is 12.5. The molecule has 0 aliphatic heterocycles. The molecule has 0 bridgehead atoms. The molecule has 0 saturated heterocycles. The SMILES string of the molecule is C=CCc1cc(/C=C(/C#N)C(=O)Nc2ccc(C)cc2)ccc1OCc1ccccc1Cl. The Morgan fingerprint density at radius 3 is 2.56 bits per heavy atom. The monoisotopic (exact) mass is 442 g/mol. The Kier molecular flexibility index (Phi) is 7.85. The lowest BCUT2D eigenvalue weighted by Crippen LogP contribution is -2.13. The van der Waals surface area contributed by atoms with Crippen molar-refractivity contribution in [2.75, 3.05) is 5.32 Å². The summed E-state index contributed by atoms with van der Waals surface area (Å²) in [7, 11) is 0. The minimum absolute atomic E-state index is 0.0138. The molecule has 0 unspecified atom stereocenters. The molecule has 0 heterocycles. The predicted octanol–water partition coefficient (Wildman–Crippen LogP) is 6.50. The van der Waals surface area contributed by atoms with Crippen LogP contribution in [0, 0.1) is 18.3 Å². The third kappa shape index (κ3) is 6.10. The molecule has 0 aliphatic carbocycles. The van der Waals surface area contributed by atoms with Crippen LogP contribution >= 0.6 is 11.6 Å². The molecule has 1 N–H and O–H groups in total.